The van der Waals surface area contributed by atoms with Gasteiger partial charge in [-0.05, 0) is 62.1 Å². The van der Waals surface area contributed by atoms with E-state index in [9.17, 15) is 9.90 Å². The molecule has 1 N–H and O–H groups in total. The van der Waals surface area contributed by atoms with Crippen molar-refractivity contribution in [3.63, 3.8) is 0 Å². The molecule has 1 aromatic carbocycles. The Bertz CT molecular complexity index is 890. The zero-order valence-electron chi connectivity index (χ0n) is 16.4. The van der Waals surface area contributed by atoms with Crippen molar-refractivity contribution in [1.29, 1.82) is 0 Å². The van der Waals surface area contributed by atoms with E-state index in [-0.39, 0.29) is 11.5 Å². The normalized spacial score (nSPS) is 21.0. The average molecular weight is 418 g/mol. The van der Waals surface area contributed by atoms with Crippen LogP contribution in [0.4, 0.5) is 5.69 Å². The number of thiol groups is 1. The summed E-state index contributed by atoms with van der Waals surface area (Å²) in [5, 5.41) is 10.1. The molecule has 4 rings (SSSR count). The number of anilines is 1. The van der Waals surface area contributed by atoms with Crippen molar-refractivity contribution in [3.8, 4) is 10.4 Å². The standard InChI is InChI=1S/C22H27NO3S2/c1-22(2)10-9-18-16(12-22)19(21(24)25)20(28-18)15-7-3-4-8-17(15)23-11-5-6-14(23)13-26-27/h3-4,7-8,14,27H,5-6,9-13H2,1-2H3,(H,24,25). The van der Waals surface area contributed by atoms with E-state index in [4.69, 9.17) is 4.18 Å². The van der Waals surface area contributed by atoms with Crippen molar-refractivity contribution < 1.29 is 14.1 Å². The molecule has 0 amide bonds. The Kier molecular flexibility index (Phi) is 5.47. The Labute approximate surface area is 176 Å². The summed E-state index contributed by atoms with van der Waals surface area (Å²) in [6, 6.07) is 8.50. The molecular formula is C22H27NO3S2. The van der Waals surface area contributed by atoms with Crippen LogP contribution in [0.1, 0.15) is 53.9 Å². The second-order valence-electron chi connectivity index (χ2n) is 8.66. The fourth-order valence-corrected chi connectivity index (χ4v) is 6.18. The quantitative estimate of drug-likeness (QED) is 0.501. The SMILES string of the molecule is CC1(C)CCc2sc(-c3ccccc3N3CCCC3COS)c(C(=O)O)c2C1. The molecule has 1 saturated heterocycles. The number of aromatic carboxylic acids is 1. The monoisotopic (exact) mass is 417 g/mol. The minimum atomic E-state index is -0.809. The summed E-state index contributed by atoms with van der Waals surface area (Å²) in [5.74, 6) is -0.809. The number of carbonyl (C=O) groups is 1. The summed E-state index contributed by atoms with van der Waals surface area (Å²) >= 11 is 5.63. The van der Waals surface area contributed by atoms with Crippen LogP contribution in [0.15, 0.2) is 24.3 Å². The van der Waals surface area contributed by atoms with Crippen LogP contribution in [0.5, 0.6) is 0 Å². The molecule has 2 aliphatic rings. The smallest absolute Gasteiger partial charge is 0.337 e. The van der Waals surface area contributed by atoms with E-state index in [1.165, 1.54) is 4.88 Å². The summed E-state index contributed by atoms with van der Waals surface area (Å²) in [6.45, 7) is 6.00. The van der Waals surface area contributed by atoms with Gasteiger partial charge in [-0.3, -0.25) is 0 Å². The molecular weight excluding hydrogens is 390 g/mol. The molecule has 4 nitrogen and oxygen atoms in total. The molecule has 1 unspecified atom stereocenters. The molecule has 0 bridgehead atoms. The van der Waals surface area contributed by atoms with Gasteiger partial charge < -0.3 is 14.2 Å². The first-order valence-corrected chi connectivity index (χ1v) is 11.1. The topological polar surface area (TPSA) is 49.8 Å². The first-order chi connectivity index (χ1) is 13.4. The molecule has 0 radical (unpaired) electrons. The number of fused-ring (bicyclic) bond motifs is 1. The molecule has 1 aliphatic carbocycles. The maximum atomic E-state index is 12.3. The van der Waals surface area contributed by atoms with Crippen LogP contribution < -0.4 is 4.90 Å². The van der Waals surface area contributed by atoms with Crippen LogP contribution in [0.3, 0.4) is 0 Å². The van der Waals surface area contributed by atoms with Gasteiger partial charge in [-0.2, -0.15) is 0 Å². The number of hydrogen-bond donors (Lipinski definition) is 2. The number of carboxylic acids is 1. The van der Waals surface area contributed by atoms with Gasteiger partial charge in [0.05, 0.1) is 23.1 Å². The number of carboxylic acid groups (broad SMARTS) is 1. The highest BCUT2D eigenvalue weighted by molar-refractivity contribution is 7.75. The van der Waals surface area contributed by atoms with Crippen molar-refractivity contribution in [2.45, 2.75) is 52.0 Å². The Morgan fingerprint density at radius 2 is 2.18 bits per heavy atom. The van der Waals surface area contributed by atoms with Crippen LogP contribution in [0.25, 0.3) is 10.4 Å². The van der Waals surface area contributed by atoms with E-state index in [0.29, 0.717) is 12.2 Å². The summed E-state index contributed by atoms with van der Waals surface area (Å²) in [6.07, 6.45) is 5.08. The van der Waals surface area contributed by atoms with Gasteiger partial charge in [0.15, 0.2) is 0 Å². The Balaban J connectivity index is 1.83. The predicted molar refractivity (Wildman–Crippen MR) is 118 cm³/mol. The highest BCUT2D eigenvalue weighted by Crippen LogP contribution is 2.47. The van der Waals surface area contributed by atoms with Crippen molar-refractivity contribution >= 4 is 35.9 Å². The van der Waals surface area contributed by atoms with Crippen molar-refractivity contribution in [1.82, 2.24) is 0 Å². The zero-order valence-corrected chi connectivity index (χ0v) is 18.1. The van der Waals surface area contributed by atoms with Crippen molar-refractivity contribution in [3.05, 3.63) is 40.3 Å². The number of benzene rings is 1. The molecule has 2 aromatic rings. The van der Waals surface area contributed by atoms with E-state index in [2.05, 4.69) is 43.8 Å². The third-order valence-electron chi connectivity index (χ3n) is 6.09. The summed E-state index contributed by atoms with van der Waals surface area (Å²) in [7, 11) is 0. The number of aryl methyl sites for hydroxylation is 1. The lowest BCUT2D eigenvalue weighted by molar-refractivity contribution is 0.0696. The maximum absolute atomic E-state index is 12.3. The largest absolute Gasteiger partial charge is 0.478 e. The number of rotatable bonds is 5. The summed E-state index contributed by atoms with van der Waals surface area (Å²) in [4.78, 5) is 16.8. The molecule has 1 fully saturated rings. The Hall–Kier alpha value is -1.50. The van der Waals surface area contributed by atoms with Crippen molar-refractivity contribution in [2.24, 2.45) is 5.41 Å². The second-order valence-corrected chi connectivity index (χ2v) is 10.0. The van der Waals surface area contributed by atoms with Crippen LogP contribution in [0.2, 0.25) is 0 Å². The average Bonchev–Trinajstić information content (AvgIpc) is 3.25. The lowest BCUT2D eigenvalue weighted by Crippen LogP contribution is -2.32. The van der Waals surface area contributed by atoms with E-state index < -0.39 is 5.97 Å². The minimum absolute atomic E-state index is 0.152. The second kappa shape index (κ2) is 7.73. The molecule has 0 spiro atoms. The first kappa shape index (κ1) is 19.8. The van der Waals surface area contributed by atoms with E-state index in [1.807, 2.05) is 12.1 Å². The highest BCUT2D eigenvalue weighted by atomic mass is 32.1. The predicted octanol–water partition coefficient (Wildman–Crippen LogP) is 5.46. The van der Waals surface area contributed by atoms with Gasteiger partial charge >= 0.3 is 5.97 Å². The molecule has 1 atom stereocenters. The minimum Gasteiger partial charge on any atom is -0.478 e. The summed E-state index contributed by atoms with van der Waals surface area (Å²) < 4.78 is 5.14. The lowest BCUT2D eigenvalue weighted by atomic mass is 9.76. The van der Waals surface area contributed by atoms with Gasteiger partial charge in [-0.15, -0.1) is 11.3 Å². The third-order valence-corrected chi connectivity index (χ3v) is 7.57. The number of thiophene rings is 1. The molecule has 2 heterocycles. The molecule has 28 heavy (non-hydrogen) atoms. The molecule has 1 aromatic heterocycles. The van der Waals surface area contributed by atoms with Crippen LogP contribution in [0, 0.1) is 5.41 Å². The first-order valence-electron chi connectivity index (χ1n) is 9.91. The fourth-order valence-electron chi connectivity index (χ4n) is 4.66. The molecule has 150 valence electrons. The van der Waals surface area contributed by atoms with Crippen molar-refractivity contribution in [2.75, 3.05) is 18.1 Å². The molecule has 0 saturated carbocycles. The van der Waals surface area contributed by atoms with E-state index in [0.717, 1.165) is 60.3 Å². The van der Waals surface area contributed by atoms with Gasteiger partial charge in [-0.1, -0.05) is 32.0 Å². The van der Waals surface area contributed by atoms with Gasteiger partial charge in [0.1, 0.15) is 0 Å². The maximum Gasteiger partial charge on any atom is 0.337 e. The Morgan fingerprint density at radius 3 is 2.93 bits per heavy atom. The van der Waals surface area contributed by atoms with E-state index in [1.54, 1.807) is 11.3 Å². The van der Waals surface area contributed by atoms with E-state index >= 15 is 0 Å². The molecule has 6 heteroatoms. The fraction of sp³-hybridized carbons (Fsp3) is 0.500. The van der Waals surface area contributed by atoms with Gasteiger partial charge in [0, 0.05) is 22.7 Å². The molecule has 1 aliphatic heterocycles. The number of hydrogen-bond acceptors (Lipinski definition) is 5. The van der Waals surface area contributed by atoms with Gasteiger partial charge in [-0.25, -0.2) is 4.79 Å². The number of para-hydroxylation sites is 1. The van der Waals surface area contributed by atoms with Gasteiger partial charge in [0.25, 0.3) is 0 Å². The van der Waals surface area contributed by atoms with Crippen LogP contribution in [-0.4, -0.2) is 30.3 Å². The van der Waals surface area contributed by atoms with Crippen LogP contribution in [-0.2, 0) is 17.0 Å². The highest BCUT2D eigenvalue weighted by Gasteiger charge is 2.34. The third kappa shape index (κ3) is 3.58. The van der Waals surface area contributed by atoms with Gasteiger partial charge in [0.2, 0.25) is 0 Å². The number of nitrogens with zero attached hydrogens (tertiary/aromatic N) is 1. The zero-order chi connectivity index (χ0) is 19.9. The Morgan fingerprint density at radius 1 is 1.39 bits per heavy atom. The van der Waals surface area contributed by atoms with Crippen LogP contribution >= 0.6 is 24.2 Å². The summed E-state index contributed by atoms with van der Waals surface area (Å²) in [5.41, 5.74) is 3.86. The lowest BCUT2D eigenvalue weighted by Gasteiger charge is -2.29.